The lowest BCUT2D eigenvalue weighted by Gasteiger charge is -2.26. The van der Waals surface area contributed by atoms with E-state index in [1.807, 2.05) is 59.5 Å². The molecule has 0 saturated heterocycles. The van der Waals surface area contributed by atoms with Gasteiger partial charge in [-0.25, -0.2) is 0 Å². The molecule has 1 unspecified atom stereocenters. The smallest absolute Gasteiger partial charge is 0.248 e. The third-order valence-corrected chi connectivity index (χ3v) is 3.58. The van der Waals surface area contributed by atoms with Crippen molar-refractivity contribution in [2.24, 2.45) is 0 Å². The summed E-state index contributed by atoms with van der Waals surface area (Å²) in [7, 11) is 0. The molecule has 0 fully saturated rings. The molecule has 2 aromatic carbocycles. The topological polar surface area (TPSA) is 61.4 Å². The number of carbonyl (C=O) groups is 2. The fourth-order valence-corrected chi connectivity index (χ4v) is 2.61. The number of carbonyl (C=O) groups excluding carboxylic acids is 2. The Morgan fingerprint density at radius 3 is 2.55 bits per heavy atom. The van der Waals surface area contributed by atoms with Crippen LogP contribution in [0, 0.1) is 0 Å². The van der Waals surface area contributed by atoms with Gasteiger partial charge < -0.3 is 15.5 Å². The standard InChI is InChI=1S/C17H17N3O2/c1-12(21)18-15-11-20(13-7-3-2-4-8-13)16-10-6-5-9-14(16)19-17(15)22/h2-10,15H,11H2,1H3,(H,18,21)(H,19,22). The number of nitrogens with zero attached hydrogens (tertiary/aromatic N) is 1. The first-order valence-corrected chi connectivity index (χ1v) is 7.15. The molecule has 1 aliphatic heterocycles. The molecule has 0 aliphatic carbocycles. The summed E-state index contributed by atoms with van der Waals surface area (Å²) >= 11 is 0. The molecule has 1 heterocycles. The maximum absolute atomic E-state index is 12.3. The van der Waals surface area contributed by atoms with E-state index in [-0.39, 0.29) is 11.8 Å². The zero-order valence-electron chi connectivity index (χ0n) is 12.2. The van der Waals surface area contributed by atoms with Gasteiger partial charge in [-0.3, -0.25) is 9.59 Å². The van der Waals surface area contributed by atoms with Crippen molar-refractivity contribution < 1.29 is 9.59 Å². The summed E-state index contributed by atoms with van der Waals surface area (Å²) in [4.78, 5) is 25.7. The summed E-state index contributed by atoms with van der Waals surface area (Å²) < 4.78 is 0. The minimum absolute atomic E-state index is 0.207. The van der Waals surface area contributed by atoms with Crippen LogP contribution in [0.4, 0.5) is 17.1 Å². The van der Waals surface area contributed by atoms with Gasteiger partial charge in [-0.2, -0.15) is 0 Å². The number of hydrogen-bond donors (Lipinski definition) is 2. The lowest BCUT2D eigenvalue weighted by atomic mass is 10.2. The molecule has 0 aromatic heterocycles. The Balaban J connectivity index is 2.04. The maximum atomic E-state index is 12.3. The molecule has 112 valence electrons. The Morgan fingerprint density at radius 2 is 1.82 bits per heavy atom. The first kappa shape index (κ1) is 14.1. The second kappa shape index (κ2) is 5.89. The highest BCUT2D eigenvalue weighted by atomic mass is 16.2. The normalized spacial score (nSPS) is 17.2. The van der Waals surface area contributed by atoms with Crippen molar-refractivity contribution in [1.29, 1.82) is 0 Å². The molecule has 2 aromatic rings. The minimum Gasteiger partial charge on any atom is -0.343 e. The second-order valence-corrected chi connectivity index (χ2v) is 5.21. The summed E-state index contributed by atoms with van der Waals surface area (Å²) in [5.41, 5.74) is 2.63. The first-order valence-electron chi connectivity index (χ1n) is 7.15. The van der Waals surface area contributed by atoms with Crippen LogP contribution >= 0.6 is 0 Å². The number of amides is 2. The van der Waals surface area contributed by atoms with Gasteiger partial charge in [0.25, 0.3) is 0 Å². The Labute approximate surface area is 128 Å². The molecule has 3 rings (SSSR count). The van der Waals surface area contributed by atoms with E-state index in [2.05, 4.69) is 10.6 Å². The van der Waals surface area contributed by atoms with Crippen LogP contribution in [0.5, 0.6) is 0 Å². The Morgan fingerprint density at radius 1 is 1.14 bits per heavy atom. The van der Waals surface area contributed by atoms with Gasteiger partial charge in [-0.1, -0.05) is 30.3 Å². The fraction of sp³-hybridized carbons (Fsp3) is 0.176. The largest absolute Gasteiger partial charge is 0.343 e. The van der Waals surface area contributed by atoms with E-state index >= 15 is 0 Å². The van der Waals surface area contributed by atoms with Gasteiger partial charge in [0.15, 0.2) is 0 Å². The zero-order chi connectivity index (χ0) is 15.5. The number of benzene rings is 2. The highest BCUT2D eigenvalue weighted by molar-refractivity contribution is 6.02. The van der Waals surface area contributed by atoms with Crippen LogP contribution in [0.15, 0.2) is 54.6 Å². The molecule has 5 nitrogen and oxygen atoms in total. The van der Waals surface area contributed by atoms with Gasteiger partial charge in [0.2, 0.25) is 11.8 Å². The highest BCUT2D eigenvalue weighted by Gasteiger charge is 2.29. The van der Waals surface area contributed by atoms with E-state index in [1.165, 1.54) is 6.92 Å². The molecule has 2 N–H and O–H groups in total. The Bertz CT molecular complexity index is 700. The quantitative estimate of drug-likeness (QED) is 0.893. The predicted molar refractivity (Wildman–Crippen MR) is 86.1 cm³/mol. The van der Waals surface area contributed by atoms with E-state index in [0.29, 0.717) is 6.54 Å². The summed E-state index contributed by atoms with van der Waals surface area (Å²) in [5, 5.41) is 5.60. The summed E-state index contributed by atoms with van der Waals surface area (Å²) in [6, 6.07) is 16.8. The fourth-order valence-electron chi connectivity index (χ4n) is 2.61. The summed E-state index contributed by atoms with van der Waals surface area (Å²) in [6.45, 7) is 1.80. The molecule has 0 saturated carbocycles. The zero-order valence-corrected chi connectivity index (χ0v) is 12.2. The van der Waals surface area contributed by atoms with Gasteiger partial charge in [0, 0.05) is 12.6 Å². The van der Waals surface area contributed by atoms with E-state index in [1.54, 1.807) is 0 Å². The number of rotatable bonds is 2. The van der Waals surface area contributed by atoms with E-state index in [0.717, 1.165) is 17.1 Å². The number of anilines is 3. The third-order valence-electron chi connectivity index (χ3n) is 3.58. The average molecular weight is 295 g/mol. The van der Waals surface area contributed by atoms with Crippen LogP contribution in [-0.4, -0.2) is 24.4 Å². The van der Waals surface area contributed by atoms with Gasteiger partial charge in [0.1, 0.15) is 6.04 Å². The lowest BCUT2D eigenvalue weighted by Crippen LogP contribution is -2.47. The maximum Gasteiger partial charge on any atom is 0.248 e. The van der Waals surface area contributed by atoms with Crippen molar-refractivity contribution in [1.82, 2.24) is 5.32 Å². The summed E-state index contributed by atoms with van der Waals surface area (Å²) in [6.07, 6.45) is 0. The van der Waals surface area contributed by atoms with Crippen LogP contribution in [0.2, 0.25) is 0 Å². The molecule has 0 bridgehead atoms. The van der Waals surface area contributed by atoms with Gasteiger partial charge in [0.05, 0.1) is 17.9 Å². The molecular formula is C17H17N3O2. The van der Waals surface area contributed by atoms with Crippen molar-refractivity contribution >= 4 is 28.9 Å². The molecule has 1 atom stereocenters. The van der Waals surface area contributed by atoms with E-state index < -0.39 is 6.04 Å². The van der Waals surface area contributed by atoms with Crippen molar-refractivity contribution in [2.45, 2.75) is 13.0 Å². The molecule has 0 radical (unpaired) electrons. The van der Waals surface area contributed by atoms with Crippen LogP contribution < -0.4 is 15.5 Å². The van der Waals surface area contributed by atoms with Crippen molar-refractivity contribution in [3.8, 4) is 0 Å². The summed E-state index contributed by atoms with van der Waals surface area (Å²) in [5.74, 6) is -0.430. The van der Waals surface area contributed by atoms with Crippen molar-refractivity contribution in [3.05, 3.63) is 54.6 Å². The monoisotopic (exact) mass is 295 g/mol. The second-order valence-electron chi connectivity index (χ2n) is 5.21. The molecular weight excluding hydrogens is 278 g/mol. The number of hydrogen-bond acceptors (Lipinski definition) is 3. The van der Waals surface area contributed by atoms with E-state index in [4.69, 9.17) is 0 Å². The Hall–Kier alpha value is -2.82. The van der Waals surface area contributed by atoms with Gasteiger partial charge in [-0.05, 0) is 24.3 Å². The number of para-hydroxylation sites is 3. The van der Waals surface area contributed by atoms with Gasteiger partial charge >= 0.3 is 0 Å². The van der Waals surface area contributed by atoms with Gasteiger partial charge in [-0.15, -0.1) is 0 Å². The van der Waals surface area contributed by atoms with Crippen molar-refractivity contribution in [3.63, 3.8) is 0 Å². The molecule has 5 heteroatoms. The predicted octanol–water partition coefficient (Wildman–Crippen LogP) is 2.28. The van der Waals surface area contributed by atoms with Crippen LogP contribution in [0.3, 0.4) is 0 Å². The van der Waals surface area contributed by atoms with Crippen LogP contribution in [-0.2, 0) is 9.59 Å². The lowest BCUT2D eigenvalue weighted by molar-refractivity contribution is -0.124. The molecule has 0 spiro atoms. The highest BCUT2D eigenvalue weighted by Crippen LogP contribution is 2.34. The molecule has 2 amide bonds. The van der Waals surface area contributed by atoms with Crippen LogP contribution in [0.25, 0.3) is 0 Å². The number of nitrogens with one attached hydrogen (secondary N) is 2. The van der Waals surface area contributed by atoms with E-state index in [9.17, 15) is 9.59 Å². The molecule has 1 aliphatic rings. The van der Waals surface area contributed by atoms with Crippen LogP contribution in [0.1, 0.15) is 6.92 Å². The minimum atomic E-state index is -0.606. The SMILES string of the molecule is CC(=O)NC1CN(c2ccccc2)c2ccccc2NC1=O. The Kier molecular flexibility index (Phi) is 3.78. The van der Waals surface area contributed by atoms with Crippen molar-refractivity contribution in [2.75, 3.05) is 16.8 Å². The first-order chi connectivity index (χ1) is 10.6. The average Bonchev–Trinajstić information content (AvgIpc) is 2.65. The third kappa shape index (κ3) is 2.79. The number of fused-ring (bicyclic) bond motifs is 1. The molecule has 22 heavy (non-hydrogen) atoms.